The van der Waals surface area contributed by atoms with Gasteiger partial charge in [0.05, 0.1) is 10.8 Å². The Hall–Kier alpha value is -3.28. The Kier molecular flexibility index (Phi) is 6.07. The van der Waals surface area contributed by atoms with Gasteiger partial charge in [0, 0.05) is 21.8 Å². The van der Waals surface area contributed by atoms with Gasteiger partial charge >= 0.3 is 6.03 Å². The fourth-order valence-corrected chi connectivity index (χ4v) is 5.08. The lowest BCUT2D eigenvalue weighted by atomic mass is 10.2. The molecule has 0 aliphatic carbocycles. The molecule has 0 radical (unpaired) electrons. The Labute approximate surface area is 200 Å². The topological polar surface area (TPSA) is 116 Å². The monoisotopic (exact) mass is 502 g/mol. The third-order valence-corrected chi connectivity index (χ3v) is 7.00. The number of benzene rings is 2. The Morgan fingerprint density at radius 3 is 2.76 bits per heavy atom. The van der Waals surface area contributed by atoms with E-state index in [1.54, 1.807) is 18.2 Å². The summed E-state index contributed by atoms with van der Waals surface area (Å²) in [6.45, 7) is 0.913. The Morgan fingerprint density at radius 1 is 1.09 bits per heavy atom. The zero-order valence-electron chi connectivity index (χ0n) is 16.8. The number of ether oxygens (including phenoxy) is 2. The van der Waals surface area contributed by atoms with Crippen LogP contribution in [0.5, 0.6) is 11.5 Å². The van der Waals surface area contributed by atoms with E-state index in [2.05, 4.69) is 20.8 Å². The minimum atomic E-state index is -0.666. The van der Waals surface area contributed by atoms with E-state index in [1.165, 1.54) is 11.3 Å². The summed E-state index contributed by atoms with van der Waals surface area (Å²) in [5, 5.41) is 14.5. The van der Waals surface area contributed by atoms with Crippen molar-refractivity contribution in [2.24, 2.45) is 0 Å². The second kappa shape index (κ2) is 9.30. The van der Waals surface area contributed by atoms with Gasteiger partial charge in [-0.15, -0.1) is 21.5 Å². The first-order chi connectivity index (χ1) is 16.1. The van der Waals surface area contributed by atoms with Crippen molar-refractivity contribution in [1.29, 1.82) is 0 Å². The zero-order valence-corrected chi connectivity index (χ0v) is 19.2. The van der Waals surface area contributed by atoms with Crippen LogP contribution in [0.25, 0.3) is 20.9 Å². The van der Waals surface area contributed by atoms with Crippen molar-refractivity contribution in [2.45, 2.75) is 5.22 Å². The molecule has 0 saturated heterocycles. The summed E-state index contributed by atoms with van der Waals surface area (Å²) in [5.41, 5.74) is 0.471. The van der Waals surface area contributed by atoms with E-state index >= 15 is 0 Å². The summed E-state index contributed by atoms with van der Waals surface area (Å²) in [6.07, 6.45) is 0. The first-order valence-electron chi connectivity index (χ1n) is 9.71. The molecule has 168 valence electrons. The minimum Gasteiger partial charge on any atom is -0.486 e. The summed E-state index contributed by atoms with van der Waals surface area (Å²) >= 11 is 8.91. The van der Waals surface area contributed by atoms with Crippen molar-refractivity contribution >= 4 is 62.4 Å². The number of nitrogens with one attached hydrogen (secondary N) is 2. The van der Waals surface area contributed by atoms with Gasteiger partial charge in [0.1, 0.15) is 18.1 Å². The van der Waals surface area contributed by atoms with Crippen molar-refractivity contribution in [3.63, 3.8) is 0 Å². The van der Waals surface area contributed by atoms with Gasteiger partial charge < -0.3 is 19.2 Å². The molecule has 0 fully saturated rings. The number of carbonyl (C=O) groups is 2. The molecule has 5 rings (SSSR count). The second-order valence-corrected chi connectivity index (χ2v) is 9.12. The van der Waals surface area contributed by atoms with Gasteiger partial charge in [0.25, 0.3) is 11.1 Å². The highest BCUT2D eigenvalue weighted by atomic mass is 35.5. The predicted octanol–water partition coefficient (Wildman–Crippen LogP) is 4.82. The van der Waals surface area contributed by atoms with Crippen molar-refractivity contribution in [3.8, 4) is 22.3 Å². The molecule has 3 amide bonds. The summed E-state index contributed by atoms with van der Waals surface area (Å²) in [7, 11) is 0. The second-order valence-electron chi connectivity index (χ2n) is 6.76. The maximum absolute atomic E-state index is 12.2. The number of thioether (sulfide) groups is 1. The van der Waals surface area contributed by atoms with Crippen LogP contribution in [0.1, 0.15) is 0 Å². The van der Waals surface area contributed by atoms with Gasteiger partial charge in [-0.2, -0.15) is 0 Å². The van der Waals surface area contributed by atoms with Crippen molar-refractivity contribution in [3.05, 3.63) is 47.5 Å². The fraction of sp³-hybridized carbons (Fsp3) is 0.143. The number of hydrogen-bond acceptors (Lipinski definition) is 9. The van der Waals surface area contributed by atoms with Crippen molar-refractivity contribution < 1.29 is 23.5 Å². The van der Waals surface area contributed by atoms with E-state index in [0.29, 0.717) is 40.3 Å². The molecule has 2 N–H and O–H groups in total. The lowest BCUT2D eigenvalue weighted by Crippen LogP contribution is -2.35. The molecular formula is C21H15ClN4O5S2. The van der Waals surface area contributed by atoms with E-state index in [1.807, 2.05) is 24.3 Å². The third-order valence-electron chi connectivity index (χ3n) is 4.52. The number of rotatable bonds is 5. The molecular weight excluding hydrogens is 488 g/mol. The fourth-order valence-electron chi connectivity index (χ4n) is 3.08. The van der Waals surface area contributed by atoms with Crippen molar-refractivity contribution in [1.82, 2.24) is 15.5 Å². The smallest absolute Gasteiger partial charge is 0.325 e. The first-order valence-corrected chi connectivity index (χ1v) is 11.9. The van der Waals surface area contributed by atoms with E-state index in [9.17, 15) is 9.59 Å². The van der Waals surface area contributed by atoms with Crippen LogP contribution in [0.4, 0.5) is 10.5 Å². The molecule has 3 heterocycles. The highest BCUT2D eigenvalue weighted by Crippen LogP contribution is 2.41. The first kappa shape index (κ1) is 21.6. The molecule has 4 aromatic rings. The number of carbonyl (C=O) groups excluding carboxylic acids is 2. The Bertz CT molecular complexity index is 1360. The molecule has 2 aromatic carbocycles. The van der Waals surface area contributed by atoms with Gasteiger partial charge in [-0.1, -0.05) is 41.6 Å². The molecule has 0 atom stereocenters. The van der Waals surface area contributed by atoms with Crippen LogP contribution in [-0.2, 0) is 4.79 Å². The summed E-state index contributed by atoms with van der Waals surface area (Å²) in [5.74, 6) is 0.814. The number of hydrogen-bond donors (Lipinski definition) is 2. The molecule has 0 spiro atoms. The number of fused-ring (bicyclic) bond motifs is 2. The van der Waals surface area contributed by atoms with Crippen LogP contribution >= 0.6 is 34.7 Å². The van der Waals surface area contributed by atoms with Gasteiger partial charge in [-0.25, -0.2) is 4.79 Å². The maximum Gasteiger partial charge on any atom is 0.325 e. The lowest BCUT2D eigenvalue weighted by Gasteiger charge is -2.19. The molecule has 1 aliphatic rings. The van der Waals surface area contributed by atoms with E-state index in [0.717, 1.165) is 21.8 Å². The molecule has 9 nitrogen and oxygen atoms in total. The van der Waals surface area contributed by atoms with Crippen LogP contribution in [0, 0.1) is 0 Å². The molecule has 0 unspecified atom stereocenters. The van der Waals surface area contributed by atoms with Gasteiger partial charge in [0.2, 0.25) is 5.91 Å². The minimum absolute atomic E-state index is 0.0870. The molecule has 12 heteroatoms. The normalized spacial score (nSPS) is 12.5. The maximum atomic E-state index is 12.2. The highest BCUT2D eigenvalue weighted by molar-refractivity contribution is 7.99. The number of amides is 3. The van der Waals surface area contributed by atoms with Crippen LogP contribution in [0.15, 0.2) is 52.1 Å². The molecule has 0 saturated carbocycles. The Balaban J connectivity index is 1.16. The number of imide groups is 1. The molecule has 1 aliphatic heterocycles. The van der Waals surface area contributed by atoms with Crippen LogP contribution in [0.3, 0.4) is 0 Å². The van der Waals surface area contributed by atoms with Gasteiger partial charge in [0.15, 0.2) is 11.5 Å². The Morgan fingerprint density at radius 2 is 1.91 bits per heavy atom. The third kappa shape index (κ3) is 4.75. The zero-order chi connectivity index (χ0) is 22.8. The summed E-state index contributed by atoms with van der Waals surface area (Å²) in [4.78, 5) is 24.9. The SMILES string of the molecule is O=C(CSc1nnc(-c2sc3ccccc3c2Cl)o1)NC(=O)Nc1ccc2c(c1)OCCO2. The number of urea groups is 1. The van der Waals surface area contributed by atoms with Crippen LogP contribution in [-0.4, -0.2) is 41.1 Å². The van der Waals surface area contributed by atoms with E-state index in [4.69, 9.17) is 25.5 Å². The highest BCUT2D eigenvalue weighted by Gasteiger charge is 2.19. The van der Waals surface area contributed by atoms with Crippen LogP contribution < -0.4 is 20.1 Å². The van der Waals surface area contributed by atoms with Crippen molar-refractivity contribution in [2.75, 3.05) is 24.3 Å². The van der Waals surface area contributed by atoms with E-state index < -0.39 is 11.9 Å². The number of thiophene rings is 1. The molecule has 33 heavy (non-hydrogen) atoms. The number of halogens is 1. The lowest BCUT2D eigenvalue weighted by molar-refractivity contribution is -0.117. The van der Waals surface area contributed by atoms with E-state index in [-0.39, 0.29) is 16.9 Å². The van der Waals surface area contributed by atoms with Gasteiger partial charge in [-0.3, -0.25) is 10.1 Å². The number of aromatic nitrogens is 2. The quantitative estimate of drug-likeness (QED) is 0.373. The average molecular weight is 503 g/mol. The molecule has 0 bridgehead atoms. The average Bonchev–Trinajstić information content (AvgIpc) is 3.42. The molecule has 2 aromatic heterocycles. The predicted molar refractivity (Wildman–Crippen MR) is 125 cm³/mol. The summed E-state index contributed by atoms with van der Waals surface area (Å²) < 4.78 is 17.6. The van der Waals surface area contributed by atoms with Gasteiger partial charge in [-0.05, 0) is 18.2 Å². The largest absolute Gasteiger partial charge is 0.486 e. The summed E-state index contributed by atoms with van der Waals surface area (Å²) in [6, 6.07) is 12.0. The standard InChI is InChI=1S/C21H15ClN4O5S2/c22-17-12-3-1-2-4-15(12)33-18(17)19-25-26-21(31-19)32-10-16(27)24-20(28)23-11-5-6-13-14(9-11)30-8-7-29-13/h1-6,9H,7-8,10H2,(H2,23,24,27,28). The van der Waals surface area contributed by atoms with Crippen LogP contribution in [0.2, 0.25) is 5.02 Å². The number of anilines is 1. The number of nitrogens with zero attached hydrogens (tertiary/aromatic N) is 2.